The number of carbonyl (C=O) groups is 1. The topological polar surface area (TPSA) is 109 Å². The average Bonchev–Trinajstić information content (AvgIpc) is 2.70. The summed E-state index contributed by atoms with van der Waals surface area (Å²) in [6, 6.07) is 8.46. The molecule has 0 atom stereocenters. The van der Waals surface area contributed by atoms with Gasteiger partial charge in [0.1, 0.15) is 11.3 Å². The molecule has 2 rings (SSSR count). The lowest BCUT2D eigenvalue weighted by Gasteiger charge is -2.15. The number of nitrogens with one attached hydrogen (secondary N) is 1. The normalized spacial score (nSPS) is 10.4. The molecule has 0 bridgehead atoms. The Morgan fingerprint density at radius 2 is 1.69 bits per heavy atom. The molecule has 0 aromatic heterocycles. The summed E-state index contributed by atoms with van der Waals surface area (Å²) in [7, 11) is 3.95. The number of nitrogens with zero attached hydrogens (tertiary/aromatic N) is 1. The van der Waals surface area contributed by atoms with E-state index in [1.165, 1.54) is 27.4 Å². The third-order valence-electron chi connectivity index (χ3n) is 3.98. The van der Waals surface area contributed by atoms with E-state index in [9.17, 15) is 14.9 Å². The van der Waals surface area contributed by atoms with Crippen molar-refractivity contribution in [3.63, 3.8) is 0 Å². The lowest BCUT2D eigenvalue weighted by molar-refractivity contribution is -0.386. The second kappa shape index (κ2) is 9.63. The van der Waals surface area contributed by atoms with Crippen LogP contribution in [0.25, 0.3) is 0 Å². The molecule has 2 aromatic rings. The molecule has 0 fully saturated rings. The van der Waals surface area contributed by atoms with Gasteiger partial charge in [-0.3, -0.25) is 14.9 Å². The largest absolute Gasteiger partial charge is 0.493 e. The molecule has 0 aliphatic heterocycles. The first kappa shape index (κ1) is 21.8. The number of nitro benzene ring substituents is 1. The van der Waals surface area contributed by atoms with E-state index >= 15 is 0 Å². The summed E-state index contributed by atoms with van der Waals surface area (Å²) < 4.78 is 21.1. The zero-order valence-corrected chi connectivity index (χ0v) is 17.0. The van der Waals surface area contributed by atoms with Gasteiger partial charge in [-0.25, -0.2) is 0 Å². The van der Waals surface area contributed by atoms with Crippen LogP contribution in [0.3, 0.4) is 0 Å². The van der Waals surface area contributed by atoms with E-state index in [1.54, 1.807) is 12.1 Å². The van der Waals surface area contributed by atoms with Gasteiger partial charge in [0.25, 0.3) is 5.91 Å². The lowest BCUT2D eigenvalue weighted by atomic mass is 10.1. The van der Waals surface area contributed by atoms with Crippen LogP contribution in [-0.4, -0.2) is 38.3 Å². The van der Waals surface area contributed by atoms with Crippen LogP contribution in [0.5, 0.6) is 23.0 Å². The highest BCUT2D eigenvalue weighted by Crippen LogP contribution is 2.46. The second-order valence-electron chi connectivity index (χ2n) is 6.29. The predicted molar refractivity (Wildman–Crippen MR) is 106 cm³/mol. The van der Waals surface area contributed by atoms with E-state index in [-0.39, 0.29) is 35.5 Å². The summed E-state index contributed by atoms with van der Waals surface area (Å²) in [6.07, 6.45) is 0.0566. The van der Waals surface area contributed by atoms with Gasteiger partial charge in [-0.15, -0.1) is 0 Å². The van der Waals surface area contributed by atoms with Crippen LogP contribution in [0.1, 0.15) is 29.8 Å². The molecule has 0 spiro atoms. The lowest BCUT2D eigenvalue weighted by Crippen LogP contribution is -2.24. The Morgan fingerprint density at radius 3 is 2.17 bits per heavy atom. The van der Waals surface area contributed by atoms with Gasteiger partial charge in [-0.05, 0) is 31.5 Å². The van der Waals surface area contributed by atoms with Crippen LogP contribution in [0.2, 0.25) is 0 Å². The van der Waals surface area contributed by atoms with Crippen LogP contribution >= 0.6 is 0 Å². The second-order valence-corrected chi connectivity index (χ2v) is 6.29. The van der Waals surface area contributed by atoms with Crippen LogP contribution in [-0.2, 0) is 6.54 Å². The first-order chi connectivity index (χ1) is 13.8. The summed E-state index contributed by atoms with van der Waals surface area (Å²) >= 11 is 0. The molecule has 0 aliphatic carbocycles. The zero-order valence-electron chi connectivity index (χ0n) is 17.0. The number of nitro groups is 1. The van der Waals surface area contributed by atoms with Crippen LogP contribution in [0, 0.1) is 10.1 Å². The van der Waals surface area contributed by atoms with Crippen LogP contribution < -0.4 is 24.3 Å². The molecular weight excluding hydrogens is 380 g/mol. The Bertz CT molecular complexity index is 879. The smallest absolute Gasteiger partial charge is 0.327 e. The SMILES string of the molecule is COc1cc(C(=O)NCc2ccc(OC(C)C)cc2)c([N+](=O)[O-])c(OC)c1OC. The summed E-state index contributed by atoms with van der Waals surface area (Å²) in [5, 5.41) is 14.3. The first-order valence-electron chi connectivity index (χ1n) is 8.83. The Labute approximate surface area is 168 Å². The molecule has 29 heavy (non-hydrogen) atoms. The van der Waals surface area contributed by atoms with E-state index in [0.29, 0.717) is 0 Å². The Kier molecular flexibility index (Phi) is 7.24. The van der Waals surface area contributed by atoms with Crippen LogP contribution in [0.15, 0.2) is 30.3 Å². The number of ether oxygens (including phenoxy) is 4. The molecule has 0 radical (unpaired) electrons. The Hall–Kier alpha value is -3.49. The number of hydrogen-bond acceptors (Lipinski definition) is 7. The van der Waals surface area contributed by atoms with Crippen LogP contribution in [0.4, 0.5) is 5.69 Å². The summed E-state index contributed by atoms with van der Waals surface area (Å²) in [4.78, 5) is 23.6. The van der Waals surface area contributed by atoms with Gasteiger partial charge in [0.15, 0.2) is 5.75 Å². The van der Waals surface area contributed by atoms with Crippen molar-refractivity contribution in [3.05, 3.63) is 51.6 Å². The van der Waals surface area contributed by atoms with Crippen molar-refractivity contribution in [1.82, 2.24) is 5.32 Å². The van der Waals surface area contributed by atoms with Crippen molar-refractivity contribution < 1.29 is 28.7 Å². The molecule has 2 aromatic carbocycles. The molecule has 1 N–H and O–H groups in total. The average molecular weight is 404 g/mol. The molecular formula is C20H24N2O7. The first-order valence-corrected chi connectivity index (χ1v) is 8.83. The third-order valence-corrected chi connectivity index (χ3v) is 3.98. The molecule has 9 nitrogen and oxygen atoms in total. The number of carbonyl (C=O) groups excluding carboxylic acids is 1. The Morgan fingerprint density at radius 1 is 1.07 bits per heavy atom. The van der Waals surface area contributed by atoms with Gasteiger partial charge in [-0.2, -0.15) is 0 Å². The maximum absolute atomic E-state index is 12.7. The maximum Gasteiger partial charge on any atom is 0.327 e. The molecule has 0 saturated carbocycles. The fourth-order valence-corrected chi connectivity index (χ4v) is 2.73. The quantitative estimate of drug-likeness (QED) is 0.504. The molecule has 9 heteroatoms. The minimum Gasteiger partial charge on any atom is -0.493 e. The van der Waals surface area contributed by atoms with Gasteiger partial charge in [0.05, 0.1) is 32.4 Å². The minimum atomic E-state index is -0.687. The maximum atomic E-state index is 12.7. The van der Waals surface area contributed by atoms with Gasteiger partial charge >= 0.3 is 5.69 Å². The highest BCUT2D eigenvalue weighted by molar-refractivity contribution is 6.00. The Balaban J connectivity index is 2.29. The van der Waals surface area contributed by atoms with Crippen molar-refractivity contribution in [3.8, 4) is 23.0 Å². The van der Waals surface area contributed by atoms with Crippen molar-refractivity contribution in [2.45, 2.75) is 26.5 Å². The molecule has 0 heterocycles. The molecule has 1 amide bonds. The standard InChI is InChI=1S/C20H24N2O7/c1-12(2)29-14-8-6-13(7-9-14)11-21-20(23)15-10-16(26-3)18(27-4)19(28-5)17(15)22(24)25/h6-10,12H,11H2,1-5H3,(H,21,23). The number of benzene rings is 2. The summed E-state index contributed by atoms with van der Waals surface area (Å²) in [5.41, 5.74) is 0.122. The van der Waals surface area contributed by atoms with Gasteiger partial charge in [-0.1, -0.05) is 12.1 Å². The third kappa shape index (κ3) is 5.07. The van der Waals surface area contributed by atoms with Crippen molar-refractivity contribution in [2.75, 3.05) is 21.3 Å². The van der Waals surface area contributed by atoms with Gasteiger partial charge in [0, 0.05) is 12.6 Å². The van der Waals surface area contributed by atoms with E-state index < -0.39 is 16.5 Å². The van der Waals surface area contributed by atoms with Gasteiger partial charge in [0.2, 0.25) is 11.5 Å². The number of methoxy groups -OCH3 is 3. The summed E-state index contributed by atoms with van der Waals surface area (Å²) in [5.74, 6) is 0.0836. The van der Waals surface area contributed by atoms with E-state index in [2.05, 4.69) is 5.32 Å². The van der Waals surface area contributed by atoms with E-state index in [1.807, 2.05) is 26.0 Å². The zero-order chi connectivity index (χ0) is 21.6. The molecule has 0 aliphatic rings. The molecule has 0 saturated heterocycles. The van der Waals surface area contributed by atoms with E-state index in [0.717, 1.165) is 11.3 Å². The van der Waals surface area contributed by atoms with Gasteiger partial charge < -0.3 is 24.3 Å². The number of rotatable bonds is 9. The fraction of sp³-hybridized carbons (Fsp3) is 0.350. The minimum absolute atomic E-state index is 0.0407. The van der Waals surface area contributed by atoms with Crippen molar-refractivity contribution >= 4 is 11.6 Å². The van der Waals surface area contributed by atoms with Crippen molar-refractivity contribution in [1.29, 1.82) is 0 Å². The number of amides is 1. The highest BCUT2D eigenvalue weighted by Gasteiger charge is 2.32. The molecule has 0 unspecified atom stereocenters. The number of hydrogen-bond donors (Lipinski definition) is 1. The van der Waals surface area contributed by atoms with Crippen molar-refractivity contribution in [2.24, 2.45) is 0 Å². The fourth-order valence-electron chi connectivity index (χ4n) is 2.73. The summed E-state index contributed by atoms with van der Waals surface area (Å²) in [6.45, 7) is 4.03. The van der Waals surface area contributed by atoms with E-state index in [4.69, 9.17) is 18.9 Å². The predicted octanol–water partition coefficient (Wildman–Crippen LogP) is 3.34. The monoisotopic (exact) mass is 404 g/mol. The molecule has 156 valence electrons. The highest BCUT2D eigenvalue weighted by atomic mass is 16.6.